The second kappa shape index (κ2) is 8.99. The molecule has 1 heterocycles. The standard InChI is InChI=1S/C22H22N2O4/c1-15(22(26)27-2)20(16-9-5-3-6-10-16)24-19(25)13-18-14-28-21(23-18)17-11-7-4-8-12-17/h3-12,14-15,20H,13H2,1-2H3,(H,24,25)/t15-,20-/m1/s1. The molecular weight excluding hydrogens is 356 g/mol. The van der Waals surface area contributed by atoms with Crippen LogP contribution in [0.4, 0.5) is 0 Å². The van der Waals surface area contributed by atoms with Crippen molar-refractivity contribution in [1.82, 2.24) is 10.3 Å². The Morgan fingerprint density at radius 3 is 2.36 bits per heavy atom. The second-order valence-corrected chi connectivity index (χ2v) is 6.45. The van der Waals surface area contributed by atoms with E-state index in [0.717, 1.165) is 11.1 Å². The topological polar surface area (TPSA) is 81.4 Å². The quantitative estimate of drug-likeness (QED) is 0.636. The summed E-state index contributed by atoms with van der Waals surface area (Å²) < 4.78 is 10.3. The van der Waals surface area contributed by atoms with E-state index in [1.54, 1.807) is 6.92 Å². The number of carbonyl (C=O) groups excluding carboxylic acids is 2. The molecule has 1 amide bonds. The highest BCUT2D eigenvalue weighted by Crippen LogP contribution is 2.23. The highest BCUT2D eigenvalue weighted by Gasteiger charge is 2.28. The number of benzene rings is 2. The van der Waals surface area contributed by atoms with E-state index in [0.29, 0.717) is 11.6 Å². The third kappa shape index (κ3) is 4.65. The van der Waals surface area contributed by atoms with E-state index in [4.69, 9.17) is 9.15 Å². The van der Waals surface area contributed by atoms with E-state index < -0.39 is 12.0 Å². The zero-order valence-electron chi connectivity index (χ0n) is 15.8. The minimum Gasteiger partial charge on any atom is -0.469 e. The highest BCUT2D eigenvalue weighted by molar-refractivity contribution is 5.80. The Kier molecular flexibility index (Phi) is 6.22. The molecule has 6 nitrogen and oxygen atoms in total. The molecule has 0 bridgehead atoms. The summed E-state index contributed by atoms with van der Waals surface area (Å²) in [4.78, 5) is 29.0. The van der Waals surface area contributed by atoms with Crippen LogP contribution in [-0.4, -0.2) is 24.0 Å². The van der Waals surface area contributed by atoms with Crippen LogP contribution in [-0.2, 0) is 20.7 Å². The summed E-state index contributed by atoms with van der Waals surface area (Å²) in [5.41, 5.74) is 2.20. The monoisotopic (exact) mass is 378 g/mol. The third-order valence-electron chi connectivity index (χ3n) is 4.46. The number of oxazole rings is 1. The first kappa shape index (κ1) is 19.4. The lowest BCUT2D eigenvalue weighted by molar-refractivity contribution is -0.146. The van der Waals surface area contributed by atoms with Crippen molar-refractivity contribution in [3.05, 3.63) is 78.2 Å². The molecule has 0 radical (unpaired) electrons. The van der Waals surface area contributed by atoms with E-state index in [-0.39, 0.29) is 18.3 Å². The van der Waals surface area contributed by atoms with Gasteiger partial charge in [-0.15, -0.1) is 0 Å². The van der Waals surface area contributed by atoms with Gasteiger partial charge in [0.05, 0.1) is 31.2 Å². The van der Waals surface area contributed by atoms with Gasteiger partial charge in [-0.25, -0.2) is 4.98 Å². The minimum atomic E-state index is -0.534. The van der Waals surface area contributed by atoms with Crippen LogP contribution in [0.1, 0.15) is 24.2 Å². The van der Waals surface area contributed by atoms with Crippen molar-refractivity contribution in [3.63, 3.8) is 0 Å². The largest absolute Gasteiger partial charge is 0.469 e. The van der Waals surface area contributed by atoms with Crippen molar-refractivity contribution in [1.29, 1.82) is 0 Å². The van der Waals surface area contributed by atoms with Crippen LogP contribution < -0.4 is 5.32 Å². The molecule has 0 aliphatic carbocycles. The van der Waals surface area contributed by atoms with Gasteiger partial charge < -0.3 is 14.5 Å². The van der Waals surface area contributed by atoms with Gasteiger partial charge in [0.25, 0.3) is 0 Å². The molecule has 6 heteroatoms. The fourth-order valence-electron chi connectivity index (χ4n) is 2.97. The first-order chi connectivity index (χ1) is 13.6. The lowest BCUT2D eigenvalue weighted by atomic mass is 9.94. The molecule has 0 fully saturated rings. The Balaban J connectivity index is 1.72. The molecule has 0 saturated heterocycles. The van der Waals surface area contributed by atoms with Crippen LogP contribution in [0, 0.1) is 5.92 Å². The minimum absolute atomic E-state index is 0.0492. The van der Waals surface area contributed by atoms with Gasteiger partial charge in [-0.05, 0) is 24.6 Å². The van der Waals surface area contributed by atoms with Gasteiger partial charge in [0.2, 0.25) is 11.8 Å². The fourth-order valence-corrected chi connectivity index (χ4v) is 2.97. The van der Waals surface area contributed by atoms with Crippen LogP contribution in [0.2, 0.25) is 0 Å². The summed E-state index contributed by atoms with van der Waals surface area (Å²) in [6.45, 7) is 1.73. The predicted molar refractivity (Wildman–Crippen MR) is 104 cm³/mol. The average molecular weight is 378 g/mol. The maximum atomic E-state index is 12.6. The summed E-state index contributed by atoms with van der Waals surface area (Å²) >= 11 is 0. The SMILES string of the molecule is COC(=O)[C@H](C)[C@@H](NC(=O)Cc1coc(-c2ccccc2)n1)c1ccccc1. The molecule has 3 rings (SSSR count). The van der Waals surface area contributed by atoms with Crippen molar-refractivity contribution < 1.29 is 18.7 Å². The number of hydrogen-bond donors (Lipinski definition) is 1. The molecule has 2 atom stereocenters. The zero-order chi connectivity index (χ0) is 19.9. The van der Waals surface area contributed by atoms with Crippen molar-refractivity contribution >= 4 is 11.9 Å². The summed E-state index contributed by atoms with van der Waals surface area (Å²) in [7, 11) is 1.34. The Bertz CT molecular complexity index is 922. The fraction of sp³-hybridized carbons (Fsp3) is 0.227. The molecular formula is C22H22N2O4. The lowest BCUT2D eigenvalue weighted by Gasteiger charge is -2.23. The van der Waals surface area contributed by atoms with E-state index in [2.05, 4.69) is 10.3 Å². The number of aromatic nitrogens is 1. The zero-order valence-corrected chi connectivity index (χ0v) is 15.8. The van der Waals surface area contributed by atoms with Gasteiger partial charge in [0, 0.05) is 5.56 Å². The molecule has 2 aromatic carbocycles. The number of methoxy groups -OCH3 is 1. The Morgan fingerprint density at radius 1 is 1.07 bits per heavy atom. The number of esters is 1. The van der Waals surface area contributed by atoms with Gasteiger partial charge in [0.15, 0.2) is 0 Å². The number of carbonyl (C=O) groups is 2. The Hall–Kier alpha value is -3.41. The second-order valence-electron chi connectivity index (χ2n) is 6.45. The van der Waals surface area contributed by atoms with Crippen molar-refractivity contribution in [2.75, 3.05) is 7.11 Å². The summed E-state index contributed by atoms with van der Waals surface area (Å²) in [6.07, 6.45) is 1.52. The van der Waals surface area contributed by atoms with Gasteiger partial charge in [0.1, 0.15) is 6.26 Å². The number of amides is 1. The first-order valence-corrected chi connectivity index (χ1v) is 9.00. The third-order valence-corrected chi connectivity index (χ3v) is 4.46. The predicted octanol–water partition coefficient (Wildman–Crippen LogP) is 3.55. The lowest BCUT2D eigenvalue weighted by Crippen LogP contribution is -2.36. The molecule has 0 saturated carbocycles. The van der Waals surface area contributed by atoms with Crippen LogP contribution in [0.5, 0.6) is 0 Å². The summed E-state index contributed by atoms with van der Waals surface area (Å²) in [6, 6.07) is 18.3. The van der Waals surface area contributed by atoms with E-state index in [1.165, 1.54) is 13.4 Å². The summed E-state index contributed by atoms with van der Waals surface area (Å²) in [5.74, 6) is -0.709. The first-order valence-electron chi connectivity index (χ1n) is 9.00. The van der Waals surface area contributed by atoms with Crippen LogP contribution in [0.25, 0.3) is 11.5 Å². The maximum absolute atomic E-state index is 12.6. The molecule has 3 aromatic rings. The number of hydrogen-bond acceptors (Lipinski definition) is 5. The molecule has 0 aliphatic rings. The van der Waals surface area contributed by atoms with Crippen LogP contribution in [0.3, 0.4) is 0 Å². The molecule has 144 valence electrons. The Morgan fingerprint density at radius 2 is 1.71 bits per heavy atom. The van der Waals surface area contributed by atoms with Gasteiger partial charge in [-0.1, -0.05) is 48.5 Å². The van der Waals surface area contributed by atoms with E-state index >= 15 is 0 Å². The van der Waals surface area contributed by atoms with Gasteiger partial charge >= 0.3 is 5.97 Å². The number of nitrogens with one attached hydrogen (secondary N) is 1. The maximum Gasteiger partial charge on any atom is 0.310 e. The van der Waals surface area contributed by atoms with Gasteiger partial charge in [-0.2, -0.15) is 0 Å². The van der Waals surface area contributed by atoms with Crippen molar-refractivity contribution in [2.45, 2.75) is 19.4 Å². The molecule has 28 heavy (non-hydrogen) atoms. The smallest absolute Gasteiger partial charge is 0.310 e. The normalized spacial score (nSPS) is 12.8. The van der Waals surface area contributed by atoms with Crippen LogP contribution >= 0.6 is 0 Å². The summed E-state index contributed by atoms with van der Waals surface area (Å²) in [5, 5.41) is 2.92. The Labute approximate surface area is 163 Å². The highest BCUT2D eigenvalue weighted by atomic mass is 16.5. The van der Waals surface area contributed by atoms with Crippen LogP contribution in [0.15, 0.2) is 71.3 Å². The number of ether oxygens (including phenoxy) is 1. The van der Waals surface area contributed by atoms with Gasteiger partial charge in [-0.3, -0.25) is 9.59 Å². The molecule has 0 unspecified atom stereocenters. The van der Waals surface area contributed by atoms with Crippen molar-refractivity contribution in [3.8, 4) is 11.5 Å². The van der Waals surface area contributed by atoms with Crippen molar-refractivity contribution in [2.24, 2.45) is 5.92 Å². The average Bonchev–Trinajstić information content (AvgIpc) is 3.20. The molecule has 0 aliphatic heterocycles. The van der Waals surface area contributed by atoms with E-state index in [1.807, 2.05) is 60.7 Å². The number of rotatable bonds is 7. The molecule has 1 aromatic heterocycles. The van der Waals surface area contributed by atoms with E-state index in [9.17, 15) is 9.59 Å². The molecule has 0 spiro atoms. The number of nitrogens with zero attached hydrogens (tertiary/aromatic N) is 1. The molecule has 1 N–H and O–H groups in total.